The maximum absolute atomic E-state index is 12.4. The number of hydrogen-bond acceptors (Lipinski definition) is 5. The molecule has 1 saturated heterocycles. The molecule has 1 N–H and O–H groups in total. The number of nitrogens with zero attached hydrogens (tertiary/aromatic N) is 3. The van der Waals surface area contributed by atoms with Gasteiger partial charge >= 0.3 is 0 Å². The lowest BCUT2D eigenvalue weighted by Crippen LogP contribution is -2.18. The fourth-order valence-corrected chi connectivity index (χ4v) is 4.27. The van der Waals surface area contributed by atoms with E-state index in [-0.39, 0.29) is 5.91 Å². The second-order valence-electron chi connectivity index (χ2n) is 6.64. The molecule has 1 aromatic carbocycles. The Balaban J connectivity index is 1.54. The minimum Gasteiger partial charge on any atom is -0.370 e. The van der Waals surface area contributed by atoms with Gasteiger partial charge < -0.3 is 10.2 Å². The van der Waals surface area contributed by atoms with E-state index < -0.39 is 0 Å². The van der Waals surface area contributed by atoms with Crippen LogP contribution in [0.4, 0.5) is 11.4 Å². The standard InChI is InChI=1S/C20H22N4OS/c1-14-18(26-13-22-14)8-9-19(25)23-16-6-7-17(24-11-2-3-12-24)20-15(16)5-4-10-21-20/h4-7,10,13H,2-3,8-9,11-12H2,1H3,(H,23,25). The van der Waals surface area contributed by atoms with Gasteiger partial charge in [-0.3, -0.25) is 9.78 Å². The third kappa shape index (κ3) is 3.42. The van der Waals surface area contributed by atoms with Gasteiger partial charge in [-0.25, -0.2) is 4.98 Å². The Kier molecular flexibility index (Phi) is 4.84. The molecule has 0 unspecified atom stereocenters. The van der Waals surface area contributed by atoms with Gasteiger partial charge in [-0.05, 0) is 50.5 Å². The molecule has 134 valence electrons. The van der Waals surface area contributed by atoms with Crippen LogP contribution in [0.1, 0.15) is 29.8 Å². The minimum absolute atomic E-state index is 0.0249. The number of aromatic nitrogens is 2. The average Bonchev–Trinajstić information content (AvgIpc) is 3.32. The molecule has 0 aliphatic carbocycles. The fraction of sp³-hybridized carbons (Fsp3) is 0.350. The summed E-state index contributed by atoms with van der Waals surface area (Å²) >= 11 is 1.61. The van der Waals surface area contributed by atoms with E-state index in [1.165, 1.54) is 17.7 Å². The molecule has 1 fully saturated rings. The van der Waals surface area contributed by atoms with Crippen molar-refractivity contribution in [2.24, 2.45) is 0 Å². The Hall–Kier alpha value is -2.47. The lowest BCUT2D eigenvalue weighted by molar-refractivity contribution is -0.116. The first-order valence-electron chi connectivity index (χ1n) is 9.04. The molecular weight excluding hydrogens is 344 g/mol. The Morgan fingerprint density at radius 3 is 2.85 bits per heavy atom. The van der Waals surface area contributed by atoms with Crippen molar-refractivity contribution in [3.63, 3.8) is 0 Å². The van der Waals surface area contributed by atoms with Crippen LogP contribution >= 0.6 is 11.3 Å². The highest BCUT2D eigenvalue weighted by Gasteiger charge is 2.17. The van der Waals surface area contributed by atoms with Gasteiger partial charge in [-0.2, -0.15) is 0 Å². The third-order valence-corrected chi connectivity index (χ3v) is 5.89. The predicted octanol–water partition coefficient (Wildman–Crippen LogP) is 4.17. The van der Waals surface area contributed by atoms with E-state index in [1.54, 1.807) is 11.3 Å². The van der Waals surface area contributed by atoms with Crippen LogP contribution in [0.25, 0.3) is 10.9 Å². The zero-order valence-corrected chi connectivity index (χ0v) is 15.7. The molecule has 1 aliphatic rings. The molecule has 0 saturated carbocycles. The second-order valence-corrected chi connectivity index (χ2v) is 7.57. The summed E-state index contributed by atoms with van der Waals surface area (Å²) in [5, 5.41) is 4.07. The largest absolute Gasteiger partial charge is 0.370 e. The van der Waals surface area contributed by atoms with E-state index in [0.717, 1.165) is 47.5 Å². The van der Waals surface area contributed by atoms with Gasteiger partial charge in [-0.15, -0.1) is 11.3 Å². The second kappa shape index (κ2) is 7.41. The van der Waals surface area contributed by atoms with E-state index in [0.29, 0.717) is 6.42 Å². The normalized spacial score (nSPS) is 14.1. The van der Waals surface area contributed by atoms with Crippen LogP contribution < -0.4 is 10.2 Å². The number of thiazole rings is 1. The SMILES string of the molecule is Cc1ncsc1CCC(=O)Nc1ccc(N2CCCC2)c2ncccc12. The Morgan fingerprint density at radius 2 is 2.08 bits per heavy atom. The number of fused-ring (bicyclic) bond motifs is 1. The summed E-state index contributed by atoms with van der Waals surface area (Å²) in [5.41, 5.74) is 5.81. The summed E-state index contributed by atoms with van der Waals surface area (Å²) in [6, 6.07) is 8.05. The molecule has 1 amide bonds. The lowest BCUT2D eigenvalue weighted by atomic mass is 10.1. The maximum Gasteiger partial charge on any atom is 0.224 e. The summed E-state index contributed by atoms with van der Waals surface area (Å²) in [5.74, 6) is 0.0249. The highest BCUT2D eigenvalue weighted by atomic mass is 32.1. The van der Waals surface area contributed by atoms with Crippen molar-refractivity contribution in [3.8, 4) is 0 Å². The number of pyridine rings is 1. The van der Waals surface area contributed by atoms with Crippen LogP contribution in [0.3, 0.4) is 0 Å². The lowest BCUT2D eigenvalue weighted by Gasteiger charge is -2.20. The Labute approximate surface area is 157 Å². The van der Waals surface area contributed by atoms with E-state index in [1.807, 2.05) is 36.8 Å². The van der Waals surface area contributed by atoms with Crippen LogP contribution in [-0.2, 0) is 11.2 Å². The molecule has 6 heteroatoms. The first-order valence-corrected chi connectivity index (χ1v) is 9.92. The minimum atomic E-state index is 0.0249. The molecule has 1 aliphatic heterocycles. The molecule has 0 atom stereocenters. The smallest absolute Gasteiger partial charge is 0.224 e. The van der Waals surface area contributed by atoms with E-state index in [2.05, 4.69) is 26.3 Å². The number of carbonyl (C=O) groups is 1. The maximum atomic E-state index is 12.4. The van der Waals surface area contributed by atoms with Gasteiger partial charge in [0.05, 0.1) is 28.1 Å². The summed E-state index contributed by atoms with van der Waals surface area (Å²) in [6.07, 6.45) is 5.46. The van der Waals surface area contributed by atoms with Crippen molar-refractivity contribution in [1.82, 2.24) is 9.97 Å². The summed E-state index contributed by atoms with van der Waals surface area (Å²) < 4.78 is 0. The van der Waals surface area contributed by atoms with Crippen molar-refractivity contribution in [2.75, 3.05) is 23.3 Å². The van der Waals surface area contributed by atoms with Crippen LogP contribution in [0.5, 0.6) is 0 Å². The van der Waals surface area contributed by atoms with Crippen molar-refractivity contribution in [1.29, 1.82) is 0 Å². The van der Waals surface area contributed by atoms with E-state index >= 15 is 0 Å². The van der Waals surface area contributed by atoms with Gasteiger partial charge in [-0.1, -0.05) is 0 Å². The molecule has 0 radical (unpaired) electrons. The number of anilines is 2. The quantitative estimate of drug-likeness (QED) is 0.736. The topological polar surface area (TPSA) is 58.1 Å². The summed E-state index contributed by atoms with van der Waals surface area (Å²) in [4.78, 5) is 24.8. The molecule has 2 aromatic heterocycles. The number of amides is 1. The highest BCUT2D eigenvalue weighted by Crippen LogP contribution is 2.32. The van der Waals surface area contributed by atoms with Crippen LogP contribution in [-0.4, -0.2) is 29.0 Å². The Bertz CT molecular complexity index is 930. The zero-order chi connectivity index (χ0) is 17.9. The van der Waals surface area contributed by atoms with Crippen LogP contribution in [0.2, 0.25) is 0 Å². The van der Waals surface area contributed by atoms with Gasteiger partial charge in [0.1, 0.15) is 0 Å². The highest BCUT2D eigenvalue weighted by molar-refractivity contribution is 7.09. The van der Waals surface area contributed by atoms with E-state index in [9.17, 15) is 4.79 Å². The first kappa shape index (κ1) is 17.0. The van der Waals surface area contributed by atoms with Crippen LogP contribution in [0.15, 0.2) is 36.0 Å². The fourth-order valence-electron chi connectivity index (χ4n) is 3.49. The predicted molar refractivity (Wildman–Crippen MR) is 107 cm³/mol. The molecule has 0 bridgehead atoms. The number of aryl methyl sites for hydroxylation is 2. The van der Waals surface area contributed by atoms with E-state index in [4.69, 9.17) is 0 Å². The summed E-state index contributed by atoms with van der Waals surface area (Å²) in [6.45, 7) is 4.14. The summed E-state index contributed by atoms with van der Waals surface area (Å²) in [7, 11) is 0. The van der Waals surface area contributed by atoms with Gasteiger partial charge in [0.2, 0.25) is 5.91 Å². The van der Waals surface area contributed by atoms with Crippen molar-refractivity contribution < 1.29 is 4.79 Å². The molecule has 3 aromatic rings. The monoisotopic (exact) mass is 366 g/mol. The van der Waals surface area contributed by atoms with Crippen molar-refractivity contribution >= 4 is 39.5 Å². The number of rotatable bonds is 5. The van der Waals surface area contributed by atoms with Crippen molar-refractivity contribution in [3.05, 3.63) is 46.5 Å². The molecule has 26 heavy (non-hydrogen) atoms. The van der Waals surface area contributed by atoms with Gasteiger partial charge in [0, 0.05) is 36.0 Å². The third-order valence-electron chi connectivity index (χ3n) is 4.89. The number of nitrogens with one attached hydrogen (secondary N) is 1. The molecule has 4 rings (SSSR count). The number of hydrogen-bond donors (Lipinski definition) is 1. The molecule has 5 nitrogen and oxygen atoms in total. The number of benzene rings is 1. The number of carbonyl (C=O) groups excluding carboxylic acids is 1. The Morgan fingerprint density at radius 1 is 1.23 bits per heavy atom. The molecule has 3 heterocycles. The average molecular weight is 366 g/mol. The first-order chi connectivity index (χ1) is 12.7. The molecule has 0 spiro atoms. The van der Waals surface area contributed by atoms with Crippen LogP contribution in [0, 0.1) is 6.92 Å². The zero-order valence-electron chi connectivity index (χ0n) is 14.9. The van der Waals surface area contributed by atoms with Gasteiger partial charge in [0.25, 0.3) is 0 Å². The van der Waals surface area contributed by atoms with Crippen molar-refractivity contribution in [2.45, 2.75) is 32.6 Å². The van der Waals surface area contributed by atoms with Gasteiger partial charge in [0.15, 0.2) is 0 Å². The molecular formula is C20H22N4OS.